The van der Waals surface area contributed by atoms with Crippen LogP contribution in [0.25, 0.3) is 0 Å². The molecule has 1 aliphatic heterocycles. The average Bonchev–Trinajstić information content (AvgIpc) is 2.65. The summed E-state index contributed by atoms with van der Waals surface area (Å²) in [5.41, 5.74) is 1.56. The summed E-state index contributed by atoms with van der Waals surface area (Å²) in [5.74, 6) is -0.146. The number of thioether (sulfide) groups is 1. The molecule has 0 saturated carbocycles. The number of amides is 1. The molecule has 26 heavy (non-hydrogen) atoms. The van der Waals surface area contributed by atoms with Crippen LogP contribution in [0.1, 0.15) is 5.56 Å². The normalized spacial score (nSPS) is 15.8. The number of carbonyl (C=O) groups excluding carboxylic acids is 1. The molecule has 1 saturated heterocycles. The summed E-state index contributed by atoms with van der Waals surface area (Å²) in [4.78, 5) is 17.8. The van der Waals surface area contributed by atoms with Crippen LogP contribution in [0.2, 0.25) is 0 Å². The van der Waals surface area contributed by atoms with Crippen LogP contribution in [0.5, 0.6) is 0 Å². The molecule has 0 radical (unpaired) electrons. The lowest BCUT2D eigenvalue weighted by atomic mass is 10.2. The van der Waals surface area contributed by atoms with Crippen molar-refractivity contribution in [2.24, 2.45) is 0 Å². The van der Waals surface area contributed by atoms with E-state index in [1.165, 1.54) is 6.07 Å². The predicted octanol–water partition coefficient (Wildman–Crippen LogP) is 3.30. The summed E-state index contributed by atoms with van der Waals surface area (Å²) in [6, 6.07) is 14.8. The molecule has 0 bridgehead atoms. The number of piperazine rings is 1. The second-order valence-corrected chi connectivity index (χ2v) is 7.30. The minimum absolute atomic E-state index is 0.00538. The highest BCUT2D eigenvalue weighted by molar-refractivity contribution is 7.98. The van der Waals surface area contributed by atoms with Gasteiger partial charge >= 0.3 is 0 Å². The zero-order chi connectivity index (χ0) is 18.4. The number of nitrogens with zero attached hydrogens (tertiary/aromatic N) is 2. The number of nitrogens with one attached hydrogen (secondary N) is 1. The zero-order valence-electron chi connectivity index (χ0n) is 15.0. The number of rotatable bonds is 6. The van der Waals surface area contributed by atoms with Gasteiger partial charge in [-0.1, -0.05) is 24.3 Å². The Kier molecular flexibility index (Phi) is 6.66. The summed E-state index contributed by atoms with van der Waals surface area (Å²) in [6.07, 6.45) is 2.02. The van der Waals surface area contributed by atoms with Gasteiger partial charge in [0.15, 0.2) is 0 Å². The molecule has 3 rings (SSSR count). The molecule has 2 aromatic carbocycles. The molecular formula is C20H24FN3OS. The molecule has 0 atom stereocenters. The van der Waals surface area contributed by atoms with Gasteiger partial charge in [0.05, 0.1) is 6.54 Å². The van der Waals surface area contributed by atoms with E-state index in [4.69, 9.17) is 0 Å². The molecule has 4 nitrogen and oxygen atoms in total. The maximum Gasteiger partial charge on any atom is 0.238 e. The van der Waals surface area contributed by atoms with Crippen LogP contribution < -0.4 is 5.32 Å². The Bertz CT molecular complexity index is 747. The summed E-state index contributed by atoms with van der Waals surface area (Å²) >= 11 is 1.65. The van der Waals surface area contributed by atoms with E-state index in [-0.39, 0.29) is 11.7 Å². The predicted molar refractivity (Wildman–Crippen MR) is 105 cm³/mol. The van der Waals surface area contributed by atoms with Crippen molar-refractivity contribution in [3.8, 4) is 0 Å². The summed E-state index contributed by atoms with van der Waals surface area (Å²) in [6.45, 7) is 4.30. The fourth-order valence-corrected chi connectivity index (χ4v) is 3.54. The van der Waals surface area contributed by atoms with Gasteiger partial charge in [-0.15, -0.1) is 11.8 Å². The number of anilines is 1. The van der Waals surface area contributed by atoms with Gasteiger partial charge in [0.2, 0.25) is 5.91 Å². The van der Waals surface area contributed by atoms with Gasteiger partial charge in [-0.3, -0.25) is 14.6 Å². The lowest BCUT2D eigenvalue weighted by Crippen LogP contribution is -2.48. The van der Waals surface area contributed by atoms with Crippen molar-refractivity contribution in [3.05, 3.63) is 59.9 Å². The molecule has 0 aromatic heterocycles. The first-order valence-electron chi connectivity index (χ1n) is 8.76. The van der Waals surface area contributed by atoms with Gasteiger partial charge in [0, 0.05) is 48.9 Å². The smallest absolute Gasteiger partial charge is 0.238 e. The van der Waals surface area contributed by atoms with Crippen molar-refractivity contribution in [2.75, 3.05) is 44.3 Å². The van der Waals surface area contributed by atoms with Crippen LogP contribution >= 0.6 is 11.8 Å². The summed E-state index contributed by atoms with van der Waals surface area (Å²) in [5, 5.41) is 2.97. The third-order valence-electron chi connectivity index (χ3n) is 4.54. The van der Waals surface area contributed by atoms with E-state index in [0.29, 0.717) is 13.1 Å². The molecule has 0 aliphatic carbocycles. The Hall–Kier alpha value is -1.89. The maximum absolute atomic E-state index is 13.8. The standard InChI is InChI=1S/C20H24FN3OS/c1-26-18-7-4-6-17(13-18)22-20(25)15-24-11-9-23(10-12-24)14-16-5-2-3-8-19(16)21/h2-8,13H,9-12,14-15H2,1H3,(H,22,25). The summed E-state index contributed by atoms with van der Waals surface area (Å²) in [7, 11) is 0. The highest BCUT2D eigenvalue weighted by Gasteiger charge is 2.19. The van der Waals surface area contributed by atoms with Crippen molar-refractivity contribution in [1.29, 1.82) is 0 Å². The second kappa shape index (κ2) is 9.16. The average molecular weight is 373 g/mol. The molecule has 1 N–H and O–H groups in total. The van der Waals surface area contributed by atoms with Gasteiger partial charge in [0.25, 0.3) is 0 Å². The minimum Gasteiger partial charge on any atom is -0.325 e. The monoisotopic (exact) mass is 373 g/mol. The molecule has 138 valence electrons. The third kappa shape index (κ3) is 5.30. The summed E-state index contributed by atoms with van der Waals surface area (Å²) < 4.78 is 13.8. The Labute approximate surface area is 158 Å². The van der Waals surface area contributed by atoms with E-state index in [9.17, 15) is 9.18 Å². The molecule has 0 unspecified atom stereocenters. The van der Waals surface area contributed by atoms with Crippen molar-refractivity contribution < 1.29 is 9.18 Å². The van der Waals surface area contributed by atoms with E-state index < -0.39 is 0 Å². The Morgan fingerprint density at radius 3 is 2.54 bits per heavy atom. The number of benzene rings is 2. The fraction of sp³-hybridized carbons (Fsp3) is 0.350. The van der Waals surface area contributed by atoms with Gasteiger partial charge < -0.3 is 5.32 Å². The minimum atomic E-state index is -0.151. The van der Waals surface area contributed by atoms with E-state index in [1.54, 1.807) is 17.8 Å². The molecule has 1 fully saturated rings. The van der Waals surface area contributed by atoms with Crippen LogP contribution in [0.4, 0.5) is 10.1 Å². The maximum atomic E-state index is 13.8. The number of halogens is 1. The molecular weight excluding hydrogens is 349 g/mol. The van der Waals surface area contributed by atoms with Crippen molar-refractivity contribution >= 4 is 23.4 Å². The van der Waals surface area contributed by atoms with Gasteiger partial charge in [-0.2, -0.15) is 0 Å². The highest BCUT2D eigenvalue weighted by atomic mass is 32.2. The number of hydrogen-bond donors (Lipinski definition) is 1. The number of carbonyl (C=O) groups is 1. The first-order valence-corrected chi connectivity index (χ1v) is 9.98. The van der Waals surface area contributed by atoms with E-state index >= 15 is 0 Å². The topological polar surface area (TPSA) is 35.6 Å². The molecule has 1 aliphatic rings. The first-order chi connectivity index (χ1) is 12.6. The third-order valence-corrected chi connectivity index (χ3v) is 5.26. The molecule has 1 amide bonds. The Morgan fingerprint density at radius 2 is 1.81 bits per heavy atom. The van der Waals surface area contributed by atoms with Gasteiger partial charge in [-0.05, 0) is 30.5 Å². The van der Waals surface area contributed by atoms with E-state index in [2.05, 4.69) is 15.1 Å². The molecule has 0 spiro atoms. The van der Waals surface area contributed by atoms with Crippen LogP contribution in [0, 0.1) is 5.82 Å². The SMILES string of the molecule is CSc1cccc(NC(=O)CN2CCN(Cc3ccccc3F)CC2)c1. The fourth-order valence-electron chi connectivity index (χ4n) is 3.08. The van der Waals surface area contributed by atoms with Crippen LogP contribution in [-0.4, -0.2) is 54.7 Å². The van der Waals surface area contributed by atoms with Crippen molar-refractivity contribution in [2.45, 2.75) is 11.4 Å². The molecule has 6 heteroatoms. The number of hydrogen-bond acceptors (Lipinski definition) is 4. The molecule has 1 heterocycles. The zero-order valence-corrected chi connectivity index (χ0v) is 15.8. The van der Waals surface area contributed by atoms with Gasteiger partial charge in [-0.25, -0.2) is 4.39 Å². The Morgan fingerprint density at radius 1 is 1.08 bits per heavy atom. The second-order valence-electron chi connectivity index (χ2n) is 6.42. The van der Waals surface area contributed by atoms with Gasteiger partial charge in [0.1, 0.15) is 5.82 Å². The van der Waals surface area contributed by atoms with Crippen LogP contribution in [0.15, 0.2) is 53.4 Å². The van der Waals surface area contributed by atoms with Crippen LogP contribution in [0.3, 0.4) is 0 Å². The molecule has 2 aromatic rings. The first kappa shape index (κ1) is 18.9. The lowest BCUT2D eigenvalue weighted by Gasteiger charge is -2.34. The van der Waals surface area contributed by atoms with E-state index in [1.807, 2.05) is 42.7 Å². The largest absolute Gasteiger partial charge is 0.325 e. The van der Waals surface area contributed by atoms with E-state index in [0.717, 1.165) is 42.3 Å². The lowest BCUT2D eigenvalue weighted by molar-refractivity contribution is -0.117. The van der Waals surface area contributed by atoms with Crippen molar-refractivity contribution in [3.63, 3.8) is 0 Å². The quantitative estimate of drug-likeness (QED) is 0.788. The van der Waals surface area contributed by atoms with Crippen molar-refractivity contribution in [1.82, 2.24) is 9.80 Å². The highest BCUT2D eigenvalue weighted by Crippen LogP contribution is 2.19. The van der Waals surface area contributed by atoms with Crippen LogP contribution in [-0.2, 0) is 11.3 Å². The Balaban J connectivity index is 1.44.